The van der Waals surface area contributed by atoms with Crippen molar-refractivity contribution >= 4 is 21.6 Å². The van der Waals surface area contributed by atoms with E-state index < -0.39 is 11.6 Å². The third kappa shape index (κ3) is 1.46. The van der Waals surface area contributed by atoms with Gasteiger partial charge in [-0.25, -0.2) is 8.78 Å². The molecule has 0 aromatic heterocycles. The normalized spacial score (nSPS) is 21.7. The van der Waals surface area contributed by atoms with Crippen molar-refractivity contribution in [3.63, 3.8) is 0 Å². The summed E-state index contributed by atoms with van der Waals surface area (Å²) >= 11 is 3.07. The zero-order valence-electron chi connectivity index (χ0n) is 8.06. The highest BCUT2D eigenvalue weighted by atomic mass is 79.9. The average molecular weight is 274 g/mol. The Morgan fingerprint density at radius 1 is 1.13 bits per heavy atom. The maximum absolute atomic E-state index is 13.5. The molecule has 1 saturated heterocycles. The Balaban J connectivity index is 1.91. The first-order chi connectivity index (χ1) is 7.10. The summed E-state index contributed by atoms with van der Waals surface area (Å²) in [6.07, 6.45) is 2.42. The van der Waals surface area contributed by atoms with Crippen molar-refractivity contribution in [2.24, 2.45) is 5.41 Å². The summed E-state index contributed by atoms with van der Waals surface area (Å²) in [4.78, 5) is 1.80. The Kier molecular flexibility index (Phi) is 1.88. The third-order valence-electron chi connectivity index (χ3n) is 3.31. The van der Waals surface area contributed by atoms with Gasteiger partial charge in [-0.2, -0.15) is 0 Å². The first kappa shape index (κ1) is 9.58. The van der Waals surface area contributed by atoms with Crippen LogP contribution in [0.15, 0.2) is 16.6 Å². The van der Waals surface area contributed by atoms with Gasteiger partial charge < -0.3 is 4.90 Å². The monoisotopic (exact) mass is 273 g/mol. The standard InChI is InChI=1S/C11H10BrF2N/c12-7-3-8(13)10(9(14)4-7)15-5-11(6-15)1-2-11/h3-4H,1-2,5-6H2. The topological polar surface area (TPSA) is 3.24 Å². The van der Waals surface area contributed by atoms with Crippen LogP contribution >= 0.6 is 15.9 Å². The average Bonchev–Trinajstić information content (AvgIpc) is 2.80. The lowest BCUT2D eigenvalue weighted by atomic mass is 9.96. The van der Waals surface area contributed by atoms with Crippen molar-refractivity contribution in [3.05, 3.63) is 28.2 Å². The fourth-order valence-corrected chi connectivity index (χ4v) is 2.65. The molecule has 1 aliphatic heterocycles. The summed E-state index contributed by atoms with van der Waals surface area (Å²) in [5.74, 6) is -0.949. The second-order valence-corrected chi connectivity index (χ2v) is 5.49. The maximum Gasteiger partial charge on any atom is 0.150 e. The van der Waals surface area contributed by atoms with Crippen LogP contribution in [0, 0.1) is 17.0 Å². The Morgan fingerprint density at radius 3 is 2.13 bits per heavy atom. The van der Waals surface area contributed by atoms with E-state index in [1.54, 1.807) is 4.90 Å². The number of halogens is 3. The minimum atomic E-state index is -0.475. The largest absolute Gasteiger partial charge is 0.366 e. The molecule has 1 spiro atoms. The van der Waals surface area contributed by atoms with Crippen molar-refractivity contribution in [1.29, 1.82) is 0 Å². The van der Waals surface area contributed by atoms with Crippen LogP contribution in [0.3, 0.4) is 0 Å². The van der Waals surface area contributed by atoms with Crippen molar-refractivity contribution in [1.82, 2.24) is 0 Å². The van der Waals surface area contributed by atoms with Gasteiger partial charge in [-0.15, -0.1) is 0 Å². The lowest BCUT2D eigenvalue weighted by Gasteiger charge is -2.42. The number of nitrogens with zero attached hydrogens (tertiary/aromatic N) is 1. The second kappa shape index (κ2) is 2.94. The van der Waals surface area contributed by atoms with E-state index in [9.17, 15) is 8.78 Å². The summed E-state index contributed by atoms with van der Waals surface area (Å²) in [6.45, 7) is 1.62. The van der Waals surface area contributed by atoms with E-state index in [4.69, 9.17) is 0 Å². The number of hydrogen-bond acceptors (Lipinski definition) is 1. The lowest BCUT2D eigenvalue weighted by Crippen LogP contribution is -2.49. The summed E-state index contributed by atoms with van der Waals surface area (Å²) in [6, 6.07) is 2.63. The Labute approximate surface area is 95.2 Å². The molecular formula is C11H10BrF2N. The van der Waals surface area contributed by atoms with E-state index in [1.807, 2.05) is 0 Å². The quantitative estimate of drug-likeness (QED) is 0.759. The van der Waals surface area contributed by atoms with Crippen LogP contribution in [-0.2, 0) is 0 Å². The molecule has 1 saturated carbocycles. The van der Waals surface area contributed by atoms with E-state index in [2.05, 4.69) is 15.9 Å². The minimum Gasteiger partial charge on any atom is -0.366 e. The summed E-state index contributed by atoms with van der Waals surface area (Å²) in [5, 5.41) is 0. The Hall–Kier alpha value is -0.640. The van der Waals surface area contributed by atoms with Gasteiger partial charge in [-0.1, -0.05) is 15.9 Å². The molecule has 0 N–H and O–H groups in total. The first-order valence-electron chi connectivity index (χ1n) is 4.99. The van der Waals surface area contributed by atoms with Crippen LogP contribution in [0.1, 0.15) is 12.8 Å². The molecule has 2 fully saturated rings. The molecule has 1 aromatic rings. The molecule has 1 nitrogen and oxygen atoms in total. The van der Waals surface area contributed by atoms with Crippen molar-refractivity contribution in [2.45, 2.75) is 12.8 Å². The van der Waals surface area contributed by atoms with Gasteiger partial charge in [0.1, 0.15) is 5.69 Å². The number of anilines is 1. The molecule has 0 bridgehead atoms. The van der Waals surface area contributed by atoms with E-state index in [1.165, 1.54) is 25.0 Å². The lowest BCUT2D eigenvalue weighted by molar-refractivity contribution is 0.376. The molecular weight excluding hydrogens is 264 g/mol. The Bertz CT molecular complexity index is 398. The smallest absolute Gasteiger partial charge is 0.150 e. The first-order valence-corrected chi connectivity index (χ1v) is 5.78. The third-order valence-corrected chi connectivity index (χ3v) is 3.77. The van der Waals surface area contributed by atoms with Crippen LogP contribution < -0.4 is 4.90 Å². The van der Waals surface area contributed by atoms with Gasteiger partial charge in [0.15, 0.2) is 11.6 Å². The van der Waals surface area contributed by atoms with Crippen LogP contribution in [0.2, 0.25) is 0 Å². The minimum absolute atomic E-state index is 0.135. The predicted octanol–water partition coefficient (Wildman–Crippen LogP) is 3.33. The van der Waals surface area contributed by atoms with Gasteiger partial charge in [0.2, 0.25) is 0 Å². The van der Waals surface area contributed by atoms with Crippen molar-refractivity contribution in [2.75, 3.05) is 18.0 Å². The summed E-state index contributed by atoms with van der Waals surface area (Å²) in [7, 11) is 0. The molecule has 1 aliphatic carbocycles. The highest BCUT2D eigenvalue weighted by Gasteiger charge is 2.53. The molecule has 1 heterocycles. The molecule has 80 valence electrons. The fraction of sp³-hybridized carbons (Fsp3) is 0.455. The van der Waals surface area contributed by atoms with Crippen molar-refractivity contribution in [3.8, 4) is 0 Å². The van der Waals surface area contributed by atoms with E-state index in [0.29, 0.717) is 9.89 Å². The second-order valence-electron chi connectivity index (χ2n) is 4.57. The number of hydrogen-bond donors (Lipinski definition) is 0. The van der Waals surface area contributed by atoms with E-state index in [-0.39, 0.29) is 5.69 Å². The van der Waals surface area contributed by atoms with E-state index >= 15 is 0 Å². The van der Waals surface area contributed by atoms with Gasteiger partial charge >= 0.3 is 0 Å². The van der Waals surface area contributed by atoms with Gasteiger partial charge in [0.25, 0.3) is 0 Å². The van der Waals surface area contributed by atoms with Gasteiger partial charge in [0.05, 0.1) is 0 Å². The summed E-state index contributed by atoms with van der Waals surface area (Å²) < 4.78 is 27.5. The highest BCUT2D eigenvalue weighted by molar-refractivity contribution is 9.10. The van der Waals surface area contributed by atoms with Gasteiger partial charge in [-0.05, 0) is 25.0 Å². The van der Waals surface area contributed by atoms with Crippen LogP contribution in [0.25, 0.3) is 0 Å². The summed E-state index contributed by atoms with van der Waals surface area (Å²) in [5.41, 5.74) is 0.544. The van der Waals surface area contributed by atoms with E-state index in [0.717, 1.165) is 13.1 Å². The molecule has 0 atom stereocenters. The Morgan fingerprint density at radius 2 is 1.67 bits per heavy atom. The molecule has 0 amide bonds. The van der Waals surface area contributed by atoms with Gasteiger partial charge in [-0.3, -0.25) is 0 Å². The fourth-order valence-electron chi connectivity index (χ4n) is 2.25. The molecule has 15 heavy (non-hydrogen) atoms. The number of rotatable bonds is 1. The SMILES string of the molecule is Fc1cc(Br)cc(F)c1N1CC2(CC2)C1. The molecule has 4 heteroatoms. The van der Waals surface area contributed by atoms with Gasteiger partial charge in [0, 0.05) is 23.0 Å². The zero-order valence-corrected chi connectivity index (χ0v) is 9.65. The molecule has 1 aromatic carbocycles. The highest BCUT2D eigenvalue weighted by Crippen LogP contribution is 2.54. The van der Waals surface area contributed by atoms with Crippen LogP contribution in [0.5, 0.6) is 0 Å². The van der Waals surface area contributed by atoms with Crippen LogP contribution in [0.4, 0.5) is 14.5 Å². The molecule has 2 aliphatic rings. The predicted molar refractivity (Wildman–Crippen MR) is 57.9 cm³/mol. The zero-order chi connectivity index (χ0) is 10.6. The number of benzene rings is 1. The molecule has 0 radical (unpaired) electrons. The van der Waals surface area contributed by atoms with Crippen molar-refractivity contribution < 1.29 is 8.78 Å². The molecule has 0 unspecified atom stereocenters. The molecule has 3 rings (SSSR count). The van der Waals surface area contributed by atoms with Crippen LogP contribution in [-0.4, -0.2) is 13.1 Å². The maximum atomic E-state index is 13.5.